The first-order chi connectivity index (χ1) is 19.1. The molecule has 1 amide bonds. The highest BCUT2D eigenvalue weighted by molar-refractivity contribution is 6.40. The number of aliphatic hydroxyl groups excluding tert-OH is 1. The maximum atomic E-state index is 13.1. The standard InChI is InChI=1S/C29H34Cl2N4O5/c1-2-3-7-25(34-16-32)33-15-23(29(39)40)35-28(38)26-22(30)14-19-12-17(8-10-21(19)27(26)31)9-11-24(37)18-5-4-6-20(36)13-18/h4-6,13-14,17,23-24,36-37H,2-3,7-12,15H2,1H3,(H,33,34)(H,35,38)(H,39,40)/t17?,23-,24?/m0/s1. The van der Waals surface area contributed by atoms with Crippen molar-refractivity contribution in [1.82, 2.24) is 10.6 Å². The Labute approximate surface area is 243 Å². The first-order valence-electron chi connectivity index (χ1n) is 13.3. The van der Waals surface area contributed by atoms with Crippen molar-refractivity contribution >= 4 is 40.9 Å². The van der Waals surface area contributed by atoms with Crippen LogP contribution in [0.3, 0.4) is 0 Å². The molecule has 0 aromatic heterocycles. The number of fused-ring (bicyclic) bond motifs is 1. The number of aromatic hydroxyl groups is 1. The molecule has 214 valence electrons. The fraction of sp³-hybridized carbons (Fsp3) is 0.448. The van der Waals surface area contributed by atoms with Crippen LogP contribution in [-0.4, -0.2) is 45.6 Å². The number of aliphatic carboxylic acids is 1. The lowest BCUT2D eigenvalue weighted by Gasteiger charge is -2.27. The topological polar surface area (TPSA) is 155 Å². The highest BCUT2D eigenvalue weighted by Crippen LogP contribution is 2.39. The van der Waals surface area contributed by atoms with E-state index in [1.807, 2.05) is 6.92 Å². The number of hydrogen-bond donors (Lipinski definition) is 5. The fourth-order valence-corrected chi connectivity index (χ4v) is 5.64. The van der Waals surface area contributed by atoms with Crippen LogP contribution in [0.1, 0.15) is 78.6 Å². The number of nitrogens with one attached hydrogen (secondary N) is 2. The number of phenolic OH excluding ortho intramolecular Hbond substituents is 1. The van der Waals surface area contributed by atoms with Gasteiger partial charge in [-0.05, 0) is 79.3 Å². The first-order valence-corrected chi connectivity index (χ1v) is 14.1. The summed E-state index contributed by atoms with van der Waals surface area (Å²) in [5, 5.41) is 44.0. The third kappa shape index (κ3) is 8.34. The van der Waals surface area contributed by atoms with E-state index in [0.29, 0.717) is 37.1 Å². The number of amidine groups is 1. The van der Waals surface area contributed by atoms with Gasteiger partial charge in [0.2, 0.25) is 0 Å². The van der Waals surface area contributed by atoms with Crippen LogP contribution in [0.4, 0.5) is 0 Å². The zero-order chi connectivity index (χ0) is 29.2. The smallest absolute Gasteiger partial charge is 0.328 e. The summed E-state index contributed by atoms with van der Waals surface area (Å²) < 4.78 is 0. The SMILES string of the molecule is CCCCC(=NC[C@H](NC(=O)c1c(Cl)cc2c(c1Cl)CCC(CCC(O)c1cccc(O)c1)C2)C(=O)O)NC#N. The highest BCUT2D eigenvalue weighted by Gasteiger charge is 2.29. The molecule has 9 nitrogen and oxygen atoms in total. The van der Waals surface area contributed by atoms with Crippen LogP contribution in [0.2, 0.25) is 10.0 Å². The maximum Gasteiger partial charge on any atom is 0.328 e. The van der Waals surface area contributed by atoms with Crippen LogP contribution in [0.25, 0.3) is 0 Å². The van der Waals surface area contributed by atoms with Gasteiger partial charge in [0.25, 0.3) is 5.91 Å². The summed E-state index contributed by atoms with van der Waals surface area (Å²) in [6, 6.07) is 6.97. The lowest BCUT2D eigenvalue weighted by atomic mass is 9.80. The van der Waals surface area contributed by atoms with Crippen LogP contribution in [0.5, 0.6) is 5.75 Å². The number of aliphatic imine (C=N–C) groups is 1. The van der Waals surface area contributed by atoms with Crippen molar-refractivity contribution in [3.05, 3.63) is 62.6 Å². The number of halogens is 2. The Morgan fingerprint density at radius 1 is 1.27 bits per heavy atom. The van der Waals surface area contributed by atoms with Gasteiger partial charge in [-0.25, -0.2) is 4.79 Å². The summed E-state index contributed by atoms with van der Waals surface area (Å²) in [6.45, 7) is 1.73. The molecule has 0 bridgehead atoms. The molecular formula is C29H34Cl2N4O5. The number of carboxylic acid groups (broad SMARTS) is 1. The minimum Gasteiger partial charge on any atom is -0.508 e. The zero-order valence-electron chi connectivity index (χ0n) is 22.3. The largest absolute Gasteiger partial charge is 0.508 e. The van der Waals surface area contributed by atoms with Crippen molar-refractivity contribution in [2.75, 3.05) is 6.54 Å². The van der Waals surface area contributed by atoms with Gasteiger partial charge >= 0.3 is 5.97 Å². The number of benzene rings is 2. The van der Waals surface area contributed by atoms with Crippen LogP contribution in [-0.2, 0) is 17.6 Å². The Bertz CT molecular complexity index is 1290. The Kier molecular flexibility index (Phi) is 11.6. The number of amides is 1. The van der Waals surface area contributed by atoms with Crippen LogP contribution in [0, 0.1) is 17.4 Å². The van der Waals surface area contributed by atoms with Gasteiger partial charge in [-0.15, -0.1) is 0 Å². The molecule has 1 aliphatic carbocycles. The number of carbonyl (C=O) groups is 2. The van der Waals surface area contributed by atoms with E-state index in [9.17, 15) is 24.9 Å². The van der Waals surface area contributed by atoms with Crippen LogP contribution < -0.4 is 10.6 Å². The van der Waals surface area contributed by atoms with Gasteiger partial charge in [0.15, 0.2) is 6.19 Å². The molecule has 5 N–H and O–H groups in total. The second-order valence-electron chi connectivity index (χ2n) is 9.97. The Hall–Kier alpha value is -3.32. The summed E-state index contributed by atoms with van der Waals surface area (Å²) in [5.41, 5.74) is 2.43. The number of nitrogens with zero attached hydrogens (tertiary/aromatic N) is 2. The molecule has 3 atom stereocenters. The predicted molar refractivity (Wildman–Crippen MR) is 154 cm³/mol. The van der Waals surface area contributed by atoms with Crippen molar-refractivity contribution in [2.24, 2.45) is 10.9 Å². The Balaban J connectivity index is 1.68. The number of carbonyl (C=O) groups excluding carboxylic acids is 1. The molecule has 0 saturated heterocycles. The molecule has 0 fully saturated rings. The van der Waals surface area contributed by atoms with E-state index in [1.165, 1.54) is 0 Å². The maximum absolute atomic E-state index is 13.1. The molecule has 0 aliphatic heterocycles. The van der Waals surface area contributed by atoms with E-state index in [2.05, 4.69) is 15.6 Å². The van der Waals surface area contributed by atoms with Crippen molar-refractivity contribution in [2.45, 2.75) is 70.4 Å². The lowest BCUT2D eigenvalue weighted by molar-refractivity contribution is -0.138. The molecule has 0 saturated carbocycles. The van der Waals surface area contributed by atoms with E-state index >= 15 is 0 Å². The summed E-state index contributed by atoms with van der Waals surface area (Å²) in [4.78, 5) is 29.2. The minimum atomic E-state index is -1.34. The molecule has 11 heteroatoms. The number of rotatable bonds is 12. The van der Waals surface area contributed by atoms with Gasteiger partial charge < -0.3 is 20.6 Å². The van der Waals surface area contributed by atoms with E-state index in [4.69, 9.17) is 28.5 Å². The highest BCUT2D eigenvalue weighted by atomic mass is 35.5. The van der Waals surface area contributed by atoms with Gasteiger partial charge in [-0.1, -0.05) is 48.7 Å². The average Bonchev–Trinajstić information content (AvgIpc) is 2.92. The van der Waals surface area contributed by atoms with Crippen molar-refractivity contribution in [3.8, 4) is 11.9 Å². The molecule has 0 spiro atoms. The van der Waals surface area contributed by atoms with Gasteiger partial charge in [0.1, 0.15) is 17.6 Å². The van der Waals surface area contributed by atoms with E-state index in [0.717, 1.165) is 36.8 Å². The number of carboxylic acids is 1. The zero-order valence-corrected chi connectivity index (χ0v) is 23.8. The molecule has 3 rings (SSSR count). The number of hydrogen-bond acceptors (Lipinski definition) is 6. The Morgan fingerprint density at radius 3 is 2.73 bits per heavy atom. The number of phenols is 1. The predicted octanol–water partition coefficient (Wildman–Crippen LogP) is 5.16. The van der Waals surface area contributed by atoms with Gasteiger partial charge in [-0.2, -0.15) is 5.26 Å². The second-order valence-corrected chi connectivity index (χ2v) is 10.8. The third-order valence-electron chi connectivity index (χ3n) is 7.09. The molecular weight excluding hydrogens is 555 g/mol. The lowest BCUT2D eigenvalue weighted by Crippen LogP contribution is -2.43. The molecule has 40 heavy (non-hydrogen) atoms. The summed E-state index contributed by atoms with van der Waals surface area (Å²) >= 11 is 13.1. The molecule has 2 aromatic carbocycles. The summed E-state index contributed by atoms with van der Waals surface area (Å²) in [5.74, 6) is -1.23. The molecule has 1 aliphatic rings. The van der Waals surface area contributed by atoms with Gasteiger partial charge in [0.05, 0.1) is 28.3 Å². The second kappa shape index (κ2) is 14.9. The number of nitriles is 1. The van der Waals surface area contributed by atoms with E-state index < -0.39 is 24.0 Å². The summed E-state index contributed by atoms with van der Waals surface area (Å²) in [6.07, 6.45) is 6.65. The van der Waals surface area contributed by atoms with Crippen LogP contribution in [0.15, 0.2) is 35.3 Å². The molecule has 2 unspecified atom stereocenters. The average molecular weight is 590 g/mol. The normalized spacial score (nSPS) is 16.4. The Morgan fingerprint density at radius 2 is 2.05 bits per heavy atom. The fourth-order valence-electron chi connectivity index (χ4n) is 4.88. The number of aliphatic hydroxyl groups is 1. The van der Waals surface area contributed by atoms with E-state index in [1.54, 1.807) is 36.5 Å². The minimum absolute atomic E-state index is 0.0245. The van der Waals surface area contributed by atoms with Gasteiger partial charge in [-0.3, -0.25) is 15.1 Å². The van der Waals surface area contributed by atoms with Crippen molar-refractivity contribution in [1.29, 1.82) is 5.26 Å². The quantitative estimate of drug-likeness (QED) is 0.0991. The number of unbranched alkanes of at least 4 members (excludes halogenated alkanes) is 1. The third-order valence-corrected chi connectivity index (χ3v) is 7.80. The van der Waals surface area contributed by atoms with Crippen LogP contribution >= 0.6 is 23.2 Å². The van der Waals surface area contributed by atoms with Crippen molar-refractivity contribution in [3.63, 3.8) is 0 Å². The van der Waals surface area contributed by atoms with E-state index in [-0.39, 0.29) is 33.8 Å². The molecule has 0 heterocycles. The molecule has 2 aromatic rings. The van der Waals surface area contributed by atoms with Crippen molar-refractivity contribution < 1.29 is 24.9 Å². The van der Waals surface area contributed by atoms with Gasteiger partial charge in [0, 0.05) is 6.42 Å². The molecule has 0 radical (unpaired) electrons. The monoisotopic (exact) mass is 588 g/mol. The summed E-state index contributed by atoms with van der Waals surface area (Å²) in [7, 11) is 0. The first kappa shape index (κ1) is 31.2.